The van der Waals surface area contributed by atoms with E-state index in [1.165, 1.54) is 6.07 Å². The van der Waals surface area contributed by atoms with Crippen LogP contribution in [0.25, 0.3) is 5.69 Å². The molecule has 4 rings (SSSR count). The second kappa shape index (κ2) is 9.15. The molecule has 0 bridgehead atoms. The topological polar surface area (TPSA) is 38.4 Å². The molecule has 0 aliphatic carbocycles. The molecule has 172 valence electrons. The molecule has 2 aromatic carbocycles. The summed E-state index contributed by atoms with van der Waals surface area (Å²) in [4.78, 5) is 8.64. The van der Waals surface area contributed by atoms with Gasteiger partial charge in [0.1, 0.15) is 36.3 Å². The van der Waals surface area contributed by atoms with Gasteiger partial charge in [-0.3, -0.25) is 4.99 Å². The zero-order chi connectivity index (χ0) is 23.8. The van der Waals surface area contributed by atoms with Crippen LogP contribution in [0.5, 0.6) is 0 Å². The molecular weight excluding hydrogens is 465 g/mol. The number of benzene rings is 2. The van der Waals surface area contributed by atoms with E-state index in [4.69, 9.17) is 16.3 Å². The van der Waals surface area contributed by atoms with Gasteiger partial charge < -0.3 is 4.74 Å². The van der Waals surface area contributed by atoms with Crippen LogP contribution in [-0.2, 0) is 23.9 Å². The first kappa shape index (κ1) is 23.3. The van der Waals surface area contributed by atoms with Gasteiger partial charge in [0.05, 0.1) is 34.0 Å². The molecule has 0 spiro atoms. The van der Waals surface area contributed by atoms with Gasteiger partial charge in [-0.25, -0.2) is 8.78 Å². The first-order valence-electron chi connectivity index (χ1n) is 10.1. The third-order valence-corrected chi connectivity index (χ3v) is 5.58. The van der Waals surface area contributed by atoms with Crippen LogP contribution in [0, 0.1) is 11.6 Å². The fraction of sp³-hybridized carbons (Fsp3) is 0.261. The van der Waals surface area contributed by atoms with Crippen molar-refractivity contribution in [1.29, 1.82) is 0 Å². The number of halogens is 6. The minimum absolute atomic E-state index is 0.124. The Morgan fingerprint density at radius 1 is 1.09 bits per heavy atom. The third kappa shape index (κ3) is 4.47. The Bertz CT molecular complexity index is 1220. The summed E-state index contributed by atoms with van der Waals surface area (Å²) >= 11 is 6.24. The van der Waals surface area contributed by atoms with Crippen molar-refractivity contribution in [2.75, 3.05) is 13.2 Å². The minimum atomic E-state index is -4.78. The molecule has 0 atom stereocenters. The van der Waals surface area contributed by atoms with E-state index in [0.717, 1.165) is 29.8 Å². The molecule has 4 nitrogen and oxygen atoms in total. The van der Waals surface area contributed by atoms with E-state index in [1.807, 2.05) is 6.92 Å². The van der Waals surface area contributed by atoms with Gasteiger partial charge in [0.15, 0.2) is 0 Å². The highest BCUT2D eigenvalue weighted by Crippen LogP contribution is 2.39. The molecule has 0 saturated carbocycles. The lowest BCUT2D eigenvalue weighted by molar-refractivity contribution is -0.608. The van der Waals surface area contributed by atoms with Gasteiger partial charge >= 0.3 is 12.0 Å². The molecule has 33 heavy (non-hydrogen) atoms. The average molecular weight is 483 g/mol. The predicted molar refractivity (Wildman–Crippen MR) is 112 cm³/mol. The van der Waals surface area contributed by atoms with Crippen molar-refractivity contribution in [2.45, 2.75) is 26.1 Å². The van der Waals surface area contributed by atoms with Crippen molar-refractivity contribution in [3.05, 3.63) is 87.5 Å². The van der Waals surface area contributed by atoms with Crippen LogP contribution in [0.3, 0.4) is 0 Å². The third-order valence-electron chi connectivity index (χ3n) is 5.19. The van der Waals surface area contributed by atoms with E-state index < -0.39 is 34.0 Å². The Morgan fingerprint density at radius 2 is 1.82 bits per heavy atom. The Morgan fingerprint density at radius 3 is 2.48 bits per heavy atom. The molecule has 0 N–H and O–H groups in total. The number of rotatable bonds is 5. The number of fused-ring (bicyclic) bond motifs is 3. The average Bonchev–Trinajstić information content (AvgIpc) is 2.91. The number of ether oxygens (including phenoxy) is 1. The highest BCUT2D eigenvalue weighted by atomic mass is 35.5. The smallest absolute Gasteiger partial charge is 0.381 e. The molecule has 0 amide bonds. The number of nitrogens with zero attached hydrogens (tertiary/aromatic N) is 3. The molecule has 3 aromatic rings. The van der Waals surface area contributed by atoms with E-state index in [1.54, 1.807) is 17.0 Å². The molecule has 1 aliphatic heterocycles. The van der Waals surface area contributed by atoms with Crippen LogP contribution in [0.1, 0.15) is 35.0 Å². The summed E-state index contributed by atoms with van der Waals surface area (Å²) < 4.78 is 77.2. The van der Waals surface area contributed by atoms with Crippen molar-refractivity contribution in [2.24, 2.45) is 4.99 Å². The minimum Gasteiger partial charge on any atom is -0.381 e. The lowest BCUT2D eigenvalue weighted by Crippen LogP contribution is -2.38. The fourth-order valence-electron chi connectivity index (χ4n) is 3.65. The molecule has 1 aromatic heterocycles. The highest BCUT2D eigenvalue weighted by molar-refractivity contribution is 6.37. The van der Waals surface area contributed by atoms with Crippen LogP contribution in [0.4, 0.5) is 22.0 Å². The van der Waals surface area contributed by atoms with Gasteiger partial charge in [-0.15, -0.1) is 0 Å². The standard InChI is InChI=1S/C23H18ClF5N3O/c1-2-33-9-8-13-10-30-18-11-31-22(19-15(25)4-3-5-16(19)26)20-17(32(18)12-13)7-6-14(21(20)24)23(27,28)29/h3-7,10,12H,2,8-9,11H2,1H3/q+1. The second-order valence-corrected chi connectivity index (χ2v) is 7.65. The maximum absolute atomic E-state index is 14.7. The van der Waals surface area contributed by atoms with Gasteiger partial charge in [-0.05, 0) is 31.2 Å². The Balaban J connectivity index is 1.98. The quantitative estimate of drug-likeness (QED) is 0.283. The number of aromatic nitrogens is 2. The van der Waals surface area contributed by atoms with Crippen LogP contribution in [0.15, 0.2) is 47.7 Å². The molecule has 0 unspecified atom stereocenters. The number of alkyl halides is 3. The molecule has 2 heterocycles. The zero-order valence-electron chi connectivity index (χ0n) is 17.4. The number of hydrogen-bond acceptors (Lipinski definition) is 3. The normalized spacial score (nSPS) is 13.2. The summed E-state index contributed by atoms with van der Waals surface area (Å²) in [5.41, 5.74) is -1.26. The van der Waals surface area contributed by atoms with Gasteiger partial charge in [0.25, 0.3) is 0 Å². The molecule has 0 radical (unpaired) electrons. The van der Waals surface area contributed by atoms with Gasteiger partial charge in [-0.2, -0.15) is 17.7 Å². The largest absolute Gasteiger partial charge is 0.417 e. The summed E-state index contributed by atoms with van der Waals surface area (Å²) in [7, 11) is 0. The monoisotopic (exact) mass is 482 g/mol. The van der Waals surface area contributed by atoms with E-state index >= 15 is 0 Å². The molecular formula is C23H18ClF5N3O+. The van der Waals surface area contributed by atoms with Crippen molar-refractivity contribution < 1.29 is 31.3 Å². The van der Waals surface area contributed by atoms with Crippen LogP contribution in [-0.4, -0.2) is 23.9 Å². The van der Waals surface area contributed by atoms with Crippen molar-refractivity contribution in [3.63, 3.8) is 0 Å². The maximum atomic E-state index is 14.7. The fourth-order valence-corrected chi connectivity index (χ4v) is 4.01. The van der Waals surface area contributed by atoms with Crippen molar-refractivity contribution in [3.8, 4) is 5.69 Å². The van der Waals surface area contributed by atoms with Gasteiger partial charge in [0.2, 0.25) is 0 Å². The summed E-state index contributed by atoms with van der Waals surface area (Å²) in [5.74, 6) is -1.55. The number of hydrogen-bond donors (Lipinski definition) is 0. The first-order valence-corrected chi connectivity index (χ1v) is 10.5. The summed E-state index contributed by atoms with van der Waals surface area (Å²) in [6, 6.07) is 5.23. The lowest BCUT2D eigenvalue weighted by Gasteiger charge is -2.16. The van der Waals surface area contributed by atoms with Gasteiger partial charge in [0, 0.05) is 18.6 Å². The molecule has 10 heteroatoms. The van der Waals surface area contributed by atoms with Crippen LogP contribution in [0.2, 0.25) is 5.02 Å². The van der Waals surface area contributed by atoms with E-state index in [0.29, 0.717) is 25.5 Å². The van der Waals surface area contributed by atoms with Crippen LogP contribution >= 0.6 is 11.6 Å². The SMILES string of the molecule is CCOCCc1cnc2[n+](c1)-c1ccc(C(F)(F)F)c(Cl)c1C(c1c(F)cccc1F)=NC2. The molecule has 1 aliphatic rings. The lowest BCUT2D eigenvalue weighted by atomic mass is 9.97. The van der Waals surface area contributed by atoms with Gasteiger partial charge in [-0.1, -0.05) is 22.7 Å². The summed E-state index contributed by atoms with van der Waals surface area (Å²) in [5, 5.41) is -0.693. The van der Waals surface area contributed by atoms with Crippen molar-refractivity contribution in [1.82, 2.24) is 4.98 Å². The first-order chi connectivity index (χ1) is 15.7. The van der Waals surface area contributed by atoms with E-state index in [-0.39, 0.29) is 23.5 Å². The van der Waals surface area contributed by atoms with E-state index in [9.17, 15) is 22.0 Å². The molecule has 0 saturated heterocycles. The Hall–Kier alpha value is -2.91. The molecule has 0 fully saturated rings. The maximum Gasteiger partial charge on any atom is 0.417 e. The zero-order valence-corrected chi connectivity index (χ0v) is 18.1. The van der Waals surface area contributed by atoms with E-state index in [2.05, 4.69) is 9.98 Å². The predicted octanol–water partition coefficient (Wildman–Crippen LogP) is 5.24. The number of aliphatic imine (C=N–C) groups is 1. The Kier molecular flexibility index (Phi) is 6.45. The highest BCUT2D eigenvalue weighted by Gasteiger charge is 2.38. The Labute approximate surface area is 191 Å². The summed E-state index contributed by atoms with van der Waals surface area (Å²) in [6.45, 7) is 2.71. The summed E-state index contributed by atoms with van der Waals surface area (Å²) in [6.07, 6.45) is -0.955. The van der Waals surface area contributed by atoms with Crippen LogP contribution < -0.4 is 4.57 Å². The second-order valence-electron chi connectivity index (χ2n) is 7.28. The van der Waals surface area contributed by atoms with Crippen molar-refractivity contribution >= 4 is 17.3 Å².